The molecular weight excluding hydrogens is 366 g/mol. The summed E-state index contributed by atoms with van der Waals surface area (Å²) in [5.41, 5.74) is 2.41. The number of hydrogen-bond donors (Lipinski definition) is 2. The van der Waals surface area contributed by atoms with Crippen molar-refractivity contribution < 1.29 is 14.6 Å². The lowest BCUT2D eigenvalue weighted by atomic mass is 10.1. The van der Waals surface area contributed by atoms with Crippen molar-refractivity contribution in [3.05, 3.63) is 70.9 Å². The molecule has 0 atom stereocenters. The molecule has 0 radical (unpaired) electrons. The highest BCUT2D eigenvalue weighted by atomic mass is 35.5. The average molecular weight is 380 g/mol. The van der Waals surface area contributed by atoms with Gasteiger partial charge in [0.2, 0.25) is 0 Å². The molecule has 3 aromatic rings. The third-order valence-corrected chi connectivity index (χ3v) is 4.20. The van der Waals surface area contributed by atoms with Gasteiger partial charge in [0.1, 0.15) is 23.2 Å². The van der Waals surface area contributed by atoms with Gasteiger partial charge in [-0.15, -0.1) is 0 Å². The van der Waals surface area contributed by atoms with Crippen molar-refractivity contribution in [2.24, 2.45) is 0 Å². The summed E-state index contributed by atoms with van der Waals surface area (Å²) in [6.45, 7) is 0. The SMILES string of the molecule is COc1cc(Nc2ncc(-c3ccccc3)cc2C#N)c(Cl)cc1C(=O)O. The number of carboxylic acid groups (broad SMARTS) is 1. The summed E-state index contributed by atoms with van der Waals surface area (Å²) in [4.78, 5) is 15.6. The summed E-state index contributed by atoms with van der Waals surface area (Å²) in [6.07, 6.45) is 1.65. The fourth-order valence-corrected chi connectivity index (χ4v) is 2.76. The Kier molecular flexibility index (Phi) is 5.25. The molecular formula is C20H14ClN3O3. The Hall–Kier alpha value is -3.56. The summed E-state index contributed by atoms with van der Waals surface area (Å²) >= 11 is 6.18. The Balaban J connectivity index is 1.99. The largest absolute Gasteiger partial charge is 0.496 e. The van der Waals surface area contributed by atoms with Crippen molar-refractivity contribution in [2.45, 2.75) is 0 Å². The average Bonchev–Trinajstić information content (AvgIpc) is 2.69. The molecule has 1 heterocycles. The minimum absolute atomic E-state index is 0.0547. The number of methoxy groups -OCH3 is 1. The monoisotopic (exact) mass is 379 g/mol. The Morgan fingerprint density at radius 3 is 2.59 bits per heavy atom. The normalized spacial score (nSPS) is 10.1. The number of anilines is 2. The number of aromatic carboxylic acids is 1. The molecule has 0 spiro atoms. The van der Waals surface area contributed by atoms with Gasteiger partial charge >= 0.3 is 5.97 Å². The molecule has 0 aliphatic carbocycles. The van der Waals surface area contributed by atoms with E-state index in [4.69, 9.17) is 16.3 Å². The Labute approximate surface area is 160 Å². The number of hydrogen-bond acceptors (Lipinski definition) is 5. The molecule has 0 saturated heterocycles. The first-order chi connectivity index (χ1) is 13.0. The molecule has 6 nitrogen and oxygen atoms in total. The lowest BCUT2D eigenvalue weighted by Gasteiger charge is -2.13. The predicted octanol–water partition coefficient (Wildman–Crippen LogP) is 4.72. The zero-order chi connectivity index (χ0) is 19.4. The smallest absolute Gasteiger partial charge is 0.339 e. The predicted molar refractivity (Wildman–Crippen MR) is 103 cm³/mol. The minimum Gasteiger partial charge on any atom is -0.496 e. The minimum atomic E-state index is -1.15. The van der Waals surface area contributed by atoms with Gasteiger partial charge in [0.05, 0.1) is 23.4 Å². The zero-order valence-corrected chi connectivity index (χ0v) is 15.0. The van der Waals surface area contributed by atoms with Crippen LogP contribution in [0, 0.1) is 11.3 Å². The van der Waals surface area contributed by atoms with Gasteiger partial charge in [0.15, 0.2) is 0 Å². The number of carboxylic acids is 1. The molecule has 0 aliphatic heterocycles. The Bertz CT molecular complexity index is 1050. The van der Waals surface area contributed by atoms with E-state index < -0.39 is 5.97 Å². The van der Waals surface area contributed by atoms with Crippen molar-refractivity contribution in [2.75, 3.05) is 12.4 Å². The highest BCUT2D eigenvalue weighted by Crippen LogP contribution is 2.34. The lowest BCUT2D eigenvalue weighted by Crippen LogP contribution is -2.03. The molecule has 0 fully saturated rings. The molecule has 7 heteroatoms. The van der Waals surface area contributed by atoms with Crippen molar-refractivity contribution in [1.82, 2.24) is 4.98 Å². The lowest BCUT2D eigenvalue weighted by molar-refractivity contribution is 0.0693. The van der Waals surface area contributed by atoms with Crippen LogP contribution in [-0.4, -0.2) is 23.2 Å². The number of nitrogens with one attached hydrogen (secondary N) is 1. The van der Waals surface area contributed by atoms with Crippen LogP contribution < -0.4 is 10.1 Å². The van der Waals surface area contributed by atoms with Gasteiger partial charge in [-0.2, -0.15) is 5.26 Å². The summed E-state index contributed by atoms with van der Waals surface area (Å²) in [6, 6.07) is 16.2. The summed E-state index contributed by atoms with van der Waals surface area (Å²) in [5, 5.41) is 21.8. The van der Waals surface area contributed by atoms with Crippen molar-refractivity contribution in [3.63, 3.8) is 0 Å². The van der Waals surface area contributed by atoms with E-state index in [2.05, 4.69) is 16.4 Å². The number of pyridine rings is 1. The molecule has 0 unspecified atom stereocenters. The molecule has 0 amide bonds. The van der Waals surface area contributed by atoms with Gasteiger partial charge in [-0.1, -0.05) is 41.9 Å². The van der Waals surface area contributed by atoms with Gasteiger partial charge in [0.25, 0.3) is 0 Å². The number of nitrogens with zero attached hydrogens (tertiary/aromatic N) is 2. The maximum atomic E-state index is 11.3. The number of carbonyl (C=O) groups is 1. The van der Waals surface area contributed by atoms with Crippen LogP contribution in [0.3, 0.4) is 0 Å². The standard InChI is InChI=1S/C20H14ClN3O3/c1-27-18-9-17(16(21)8-15(18)20(25)26)24-19-13(10-22)7-14(11-23-19)12-5-3-2-4-6-12/h2-9,11H,1H3,(H,23,24)(H,25,26). The molecule has 0 aliphatic rings. The number of benzene rings is 2. The summed E-state index contributed by atoms with van der Waals surface area (Å²) < 4.78 is 5.11. The van der Waals surface area contributed by atoms with E-state index >= 15 is 0 Å². The zero-order valence-electron chi connectivity index (χ0n) is 14.2. The number of ether oxygens (including phenoxy) is 1. The van der Waals surface area contributed by atoms with Crippen LogP contribution in [0.15, 0.2) is 54.7 Å². The quantitative estimate of drug-likeness (QED) is 0.665. The maximum Gasteiger partial charge on any atom is 0.339 e. The topological polar surface area (TPSA) is 95.2 Å². The van der Waals surface area contributed by atoms with Gasteiger partial charge in [-0.05, 0) is 17.7 Å². The third kappa shape index (κ3) is 3.84. The van der Waals surface area contributed by atoms with Crippen molar-refractivity contribution >= 4 is 29.1 Å². The van der Waals surface area contributed by atoms with Crippen LogP contribution in [0.1, 0.15) is 15.9 Å². The van der Waals surface area contributed by atoms with E-state index in [1.165, 1.54) is 19.2 Å². The molecule has 0 saturated carbocycles. The second-order valence-corrected chi connectivity index (χ2v) is 5.97. The Morgan fingerprint density at radius 2 is 1.96 bits per heavy atom. The van der Waals surface area contributed by atoms with Gasteiger partial charge in [-0.3, -0.25) is 0 Å². The summed E-state index contributed by atoms with van der Waals surface area (Å²) in [7, 11) is 1.37. The van der Waals surface area contributed by atoms with Crippen LogP contribution >= 0.6 is 11.6 Å². The van der Waals surface area contributed by atoms with Crippen LogP contribution in [0.2, 0.25) is 5.02 Å². The van der Waals surface area contributed by atoms with E-state index in [0.29, 0.717) is 17.1 Å². The number of rotatable bonds is 5. The number of halogens is 1. The second-order valence-electron chi connectivity index (χ2n) is 5.56. The van der Waals surface area contributed by atoms with E-state index in [1.54, 1.807) is 12.3 Å². The molecule has 27 heavy (non-hydrogen) atoms. The molecule has 3 rings (SSSR count). The fraction of sp³-hybridized carbons (Fsp3) is 0.0500. The maximum absolute atomic E-state index is 11.3. The van der Waals surface area contributed by atoms with Crippen LogP contribution in [0.5, 0.6) is 5.75 Å². The third-order valence-electron chi connectivity index (χ3n) is 3.89. The van der Waals surface area contributed by atoms with E-state index in [-0.39, 0.29) is 16.3 Å². The van der Waals surface area contributed by atoms with E-state index in [0.717, 1.165) is 11.1 Å². The van der Waals surface area contributed by atoms with Crippen molar-refractivity contribution in [1.29, 1.82) is 5.26 Å². The van der Waals surface area contributed by atoms with Crippen LogP contribution in [0.25, 0.3) is 11.1 Å². The van der Waals surface area contributed by atoms with Gasteiger partial charge in [0, 0.05) is 17.8 Å². The van der Waals surface area contributed by atoms with Crippen molar-refractivity contribution in [3.8, 4) is 22.9 Å². The highest BCUT2D eigenvalue weighted by Gasteiger charge is 2.16. The molecule has 0 bridgehead atoms. The molecule has 2 aromatic carbocycles. The van der Waals surface area contributed by atoms with Gasteiger partial charge < -0.3 is 15.2 Å². The first-order valence-electron chi connectivity index (χ1n) is 7.87. The number of nitriles is 1. The van der Waals surface area contributed by atoms with Gasteiger partial charge in [-0.25, -0.2) is 9.78 Å². The van der Waals surface area contributed by atoms with Crippen LogP contribution in [-0.2, 0) is 0 Å². The summed E-state index contributed by atoms with van der Waals surface area (Å²) in [5.74, 6) is -0.693. The first-order valence-corrected chi connectivity index (χ1v) is 8.24. The van der Waals surface area contributed by atoms with E-state index in [1.807, 2.05) is 30.3 Å². The second kappa shape index (κ2) is 7.77. The first kappa shape index (κ1) is 18.2. The van der Waals surface area contributed by atoms with E-state index in [9.17, 15) is 15.2 Å². The highest BCUT2D eigenvalue weighted by molar-refractivity contribution is 6.33. The fourth-order valence-electron chi connectivity index (χ4n) is 2.55. The molecule has 2 N–H and O–H groups in total. The Morgan fingerprint density at radius 1 is 1.22 bits per heavy atom. The molecule has 1 aromatic heterocycles. The number of aromatic nitrogens is 1. The molecule has 134 valence electrons. The van der Waals surface area contributed by atoms with Crippen LogP contribution in [0.4, 0.5) is 11.5 Å².